The molecule has 1 heterocycles. The maximum atomic E-state index is 11.0. The second kappa shape index (κ2) is 4.82. The summed E-state index contributed by atoms with van der Waals surface area (Å²) in [5.74, 6) is 0.670. The van der Waals surface area contributed by atoms with E-state index < -0.39 is 0 Å². The highest BCUT2D eigenvalue weighted by atomic mass is 35.5. The molecular weight excluding hydrogens is 252 g/mol. The van der Waals surface area contributed by atoms with E-state index in [4.69, 9.17) is 16.3 Å². The van der Waals surface area contributed by atoms with Gasteiger partial charge < -0.3 is 4.74 Å². The average Bonchev–Trinajstić information content (AvgIpc) is 2.73. The minimum absolute atomic E-state index is 0.510. The molecular formula is C13H13ClN2O2. The molecule has 0 spiro atoms. The van der Waals surface area contributed by atoms with Crippen LogP contribution < -0.4 is 4.74 Å². The van der Waals surface area contributed by atoms with E-state index in [1.54, 1.807) is 24.9 Å². The summed E-state index contributed by atoms with van der Waals surface area (Å²) in [5.41, 5.74) is 2.89. The smallest absolute Gasteiger partial charge is 0.153 e. The number of aromatic nitrogens is 2. The molecule has 5 heteroatoms. The molecule has 0 atom stereocenters. The fourth-order valence-electron chi connectivity index (χ4n) is 1.88. The highest BCUT2D eigenvalue weighted by Crippen LogP contribution is 2.35. The molecule has 2 aromatic rings. The number of hydrogen-bond donors (Lipinski definition) is 0. The fourth-order valence-corrected chi connectivity index (χ4v) is 2.04. The number of aldehydes is 1. The van der Waals surface area contributed by atoms with Gasteiger partial charge in [-0.25, -0.2) is 0 Å². The van der Waals surface area contributed by atoms with E-state index >= 15 is 0 Å². The van der Waals surface area contributed by atoms with Crippen LogP contribution >= 0.6 is 11.6 Å². The molecule has 0 radical (unpaired) electrons. The Morgan fingerprint density at radius 2 is 2.17 bits per heavy atom. The standard InChI is InChI=1S/C13H13ClN2O2/c1-8-4-12(18-3)10(5-11(8)14)13-9(7-17)6-15-16(13)2/h4-7H,1-3H3. The zero-order chi connectivity index (χ0) is 13.3. The predicted octanol–water partition coefficient (Wildman–Crippen LogP) is 2.87. The molecule has 2 rings (SSSR count). The van der Waals surface area contributed by atoms with E-state index in [1.807, 2.05) is 13.0 Å². The average molecular weight is 265 g/mol. The molecule has 18 heavy (non-hydrogen) atoms. The third-order valence-corrected chi connectivity index (χ3v) is 3.24. The SMILES string of the molecule is COc1cc(C)c(Cl)cc1-c1c(C=O)cnn1C. The zero-order valence-electron chi connectivity index (χ0n) is 10.4. The van der Waals surface area contributed by atoms with Gasteiger partial charge in [-0.2, -0.15) is 5.10 Å². The molecule has 0 saturated carbocycles. The molecule has 94 valence electrons. The van der Waals surface area contributed by atoms with Crippen LogP contribution in [0.15, 0.2) is 18.3 Å². The second-order valence-electron chi connectivity index (χ2n) is 3.99. The topological polar surface area (TPSA) is 44.1 Å². The van der Waals surface area contributed by atoms with E-state index in [-0.39, 0.29) is 0 Å². The quantitative estimate of drug-likeness (QED) is 0.801. The van der Waals surface area contributed by atoms with Crippen molar-refractivity contribution in [1.29, 1.82) is 0 Å². The first-order valence-electron chi connectivity index (χ1n) is 5.40. The van der Waals surface area contributed by atoms with Gasteiger partial charge in [-0.1, -0.05) is 11.6 Å². The van der Waals surface area contributed by atoms with Crippen molar-refractivity contribution in [3.63, 3.8) is 0 Å². The second-order valence-corrected chi connectivity index (χ2v) is 4.40. The van der Waals surface area contributed by atoms with Gasteiger partial charge in [-0.15, -0.1) is 0 Å². The highest BCUT2D eigenvalue weighted by Gasteiger charge is 2.16. The van der Waals surface area contributed by atoms with Gasteiger partial charge in [0.1, 0.15) is 5.75 Å². The van der Waals surface area contributed by atoms with Gasteiger partial charge in [-0.3, -0.25) is 9.48 Å². The van der Waals surface area contributed by atoms with E-state index in [0.717, 1.165) is 17.4 Å². The number of hydrogen-bond acceptors (Lipinski definition) is 3. The third kappa shape index (κ3) is 1.99. The van der Waals surface area contributed by atoms with Crippen molar-refractivity contribution in [2.24, 2.45) is 7.05 Å². The molecule has 0 saturated heterocycles. The Bertz CT molecular complexity index is 605. The summed E-state index contributed by atoms with van der Waals surface area (Å²) in [6, 6.07) is 3.64. The van der Waals surface area contributed by atoms with Crippen molar-refractivity contribution in [3.8, 4) is 17.0 Å². The third-order valence-electron chi connectivity index (χ3n) is 2.83. The lowest BCUT2D eigenvalue weighted by molar-refractivity contribution is 0.112. The van der Waals surface area contributed by atoms with Crippen molar-refractivity contribution in [2.45, 2.75) is 6.92 Å². The van der Waals surface area contributed by atoms with Crippen LogP contribution in [0.2, 0.25) is 5.02 Å². The molecule has 1 aromatic carbocycles. The summed E-state index contributed by atoms with van der Waals surface area (Å²) in [4.78, 5) is 11.0. The van der Waals surface area contributed by atoms with Crippen molar-refractivity contribution in [3.05, 3.63) is 34.5 Å². The number of methoxy groups -OCH3 is 1. The van der Waals surface area contributed by atoms with Crippen molar-refractivity contribution in [1.82, 2.24) is 9.78 Å². The van der Waals surface area contributed by atoms with E-state index in [9.17, 15) is 4.79 Å². The summed E-state index contributed by atoms with van der Waals surface area (Å²) in [5, 5.41) is 4.71. The lowest BCUT2D eigenvalue weighted by atomic mass is 10.1. The van der Waals surface area contributed by atoms with Gasteiger partial charge in [0.25, 0.3) is 0 Å². The molecule has 0 aliphatic carbocycles. The molecule has 1 aromatic heterocycles. The van der Waals surface area contributed by atoms with Crippen molar-refractivity contribution in [2.75, 3.05) is 7.11 Å². The minimum atomic E-state index is 0.510. The Labute approximate surface area is 110 Å². The van der Waals surface area contributed by atoms with Gasteiger partial charge in [0.15, 0.2) is 6.29 Å². The Hall–Kier alpha value is -1.81. The van der Waals surface area contributed by atoms with Crippen LogP contribution in [-0.2, 0) is 7.05 Å². The number of rotatable bonds is 3. The van der Waals surface area contributed by atoms with E-state index in [2.05, 4.69) is 5.10 Å². The summed E-state index contributed by atoms with van der Waals surface area (Å²) in [7, 11) is 3.36. The van der Waals surface area contributed by atoms with Crippen LogP contribution in [0, 0.1) is 6.92 Å². The summed E-state index contributed by atoms with van der Waals surface area (Å²) < 4.78 is 6.98. The number of carbonyl (C=O) groups is 1. The van der Waals surface area contributed by atoms with Crippen LogP contribution in [0.4, 0.5) is 0 Å². The first-order chi connectivity index (χ1) is 8.58. The van der Waals surface area contributed by atoms with E-state index in [0.29, 0.717) is 22.0 Å². The Balaban J connectivity index is 2.73. The van der Waals surface area contributed by atoms with Gasteiger partial charge in [0, 0.05) is 17.6 Å². The van der Waals surface area contributed by atoms with Crippen LogP contribution in [0.5, 0.6) is 5.75 Å². The summed E-state index contributed by atoms with van der Waals surface area (Å²) in [6.45, 7) is 1.90. The minimum Gasteiger partial charge on any atom is -0.496 e. The number of benzene rings is 1. The van der Waals surface area contributed by atoms with Crippen molar-refractivity contribution >= 4 is 17.9 Å². The van der Waals surface area contributed by atoms with E-state index in [1.165, 1.54) is 6.20 Å². The Morgan fingerprint density at radius 1 is 1.44 bits per heavy atom. The van der Waals surface area contributed by atoms with Crippen LogP contribution in [0.3, 0.4) is 0 Å². The summed E-state index contributed by atoms with van der Waals surface area (Å²) in [6.07, 6.45) is 2.30. The van der Waals surface area contributed by atoms with Crippen molar-refractivity contribution < 1.29 is 9.53 Å². The molecule has 0 bridgehead atoms. The number of aryl methyl sites for hydroxylation is 2. The molecule has 0 N–H and O–H groups in total. The Morgan fingerprint density at radius 3 is 2.78 bits per heavy atom. The largest absolute Gasteiger partial charge is 0.496 e. The Kier molecular flexibility index (Phi) is 3.39. The molecule has 0 unspecified atom stereocenters. The van der Waals surface area contributed by atoms with Crippen LogP contribution in [0.1, 0.15) is 15.9 Å². The number of ether oxygens (including phenoxy) is 1. The zero-order valence-corrected chi connectivity index (χ0v) is 11.2. The molecule has 4 nitrogen and oxygen atoms in total. The first-order valence-corrected chi connectivity index (χ1v) is 5.78. The monoisotopic (exact) mass is 264 g/mol. The number of nitrogens with zero attached hydrogens (tertiary/aromatic N) is 2. The molecule has 0 fully saturated rings. The normalized spacial score (nSPS) is 10.4. The number of halogens is 1. The lowest BCUT2D eigenvalue weighted by Crippen LogP contribution is -1.98. The van der Waals surface area contributed by atoms with Crippen LogP contribution in [-0.4, -0.2) is 23.2 Å². The van der Waals surface area contributed by atoms with Gasteiger partial charge in [-0.05, 0) is 24.6 Å². The maximum absolute atomic E-state index is 11.0. The first kappa shape index (κ1) is 12.6. The fraction of sp³-hybridized carbons (Fsp3) is 0.231. The van der Waals surface area contributed by atoms with Crippen LogP contribution in [0.25, 0.3) is 11.3 Å². The van der Waals surface area contributed by atoms with Gasteiger partial charge in [0.05, 0.1) is 24.6 Å². The molecule has 0 amide bonds. The predicted molar refractivity (Wildman–Crippen MR) is 70.3 cm³/mol. The lowest BCUT2D eigenvalue weighted by Gasteiger charge is -2.12. The van der Waals surface area contributed by atoms with Gasteiger partial charge in [0.2, 0.25) is 0 Å². The molecule has 0 aliphatic heterocycles. The number of carbonyl (C=O) groups excluding carboxylic acids is 1. The van der Waals surface area contributed by atoms with Gasteiger partial charge >= 0.3 is 0 Å². The molecule has 0 aliphatic rings. The highest BCUT2D eigenvalue weighted by molar-refractivity contribution is 6.31. The maximum Gasteiger partial charge on any atom is 0.153 e. The summed E-state index contributed by atoms with van der Waals surface area (Å²) >= 11 is 6.13.